The molecule has 0 saturated carbocycles. The van der Waals surface area contributed by atoms with Gasteiger partial charge >= 0.3 is 0 Å². The number of rotatable bonds is 6. The Bertz CT molecular complexity index is 1320. The molecule has 0 fully saturated rings. The van der Waals surface area contributed by atoms with Crippen LogP contribution in [0.5, 0.6) is 0 Å². The summed E-state index contributed by atoms with van der Waals surface area (Å²) in [6.45, 7) is 1.75. The van der Waals surface area contributed by atoms with E-state index in [2.05, 4.69) is 20.0 Å². The largest absolute Gasteiger partial charge is 0.319 e. The van der Waals surface area contributed by atoms with Crippen LogP contribution in [0.25, 0.3) is 10.7 Å². The molecule has 0 saturated heterocycles. The lowest BCUT2D eigenvalue weighted by molar-refractivity contribution is 0.103. The molecule has 2 heterocycles. The van der Waals surface area contributed by atoms with Crippen LogP contribution in [-0.4, -0.2) is 24.3 Å². The maximum Gasteiger partial charge on any atom is 0.267 e. The van der Waals surface area contributed by atoms with Crippen molar-refractivity contribution in [3.8, 4) is 10.7 Å². The highest BCUT2D eigenvalue weighted by molar-refractivity contribution is 7.92. The number of pyridine rings is 1. The van der Waals surface area contributed by atoms with Gasteiger partial charge in [-0.1, -0.05) is 36.4 Å². The molecule has 4 aromatic rings. The third-order valence-corrected chi connectivity index (χ3v) is 6.92. The van der Waals surface area contributed by atoms with Crippen LogP contribution >= 0.6 is 11.3 Å². The second-order valence-corrected chi connectivity index (χ2v) is 9.25. The minimum atomic E-state index is -3.80. The lowest BCUT2D eigenvalue weighted by atomic mass is 10.2. The van der Waals surface area contributed by atoms with Crippen LogP contribution < -0.4 is 10.0 Å². The summed E-state index contributed by atoms with van der Waals surface area (Å²) < 4.78 is 27.9. The van der Waals surface area contributed by atoms with Gasteiger partial charge in [-0.25, -0.2) is 13.4 Å². The van der Waals surface area contributed by atoms with Gasteiger partial charge in [0.15, 0.2) is 0 Å². The van der Waals surface area contributed by atoms with E-state index >= 15 is 0 Å². The molecule has 2 aromatic heterocycles. The molecule has 1 amide bonds. The van der Waals surface area contributed by atoms with Gasteiger partial charge in [-0.15, -0.1) is 11.3 Å². The average molecular weight is 451 g/mol. The highest BCUT2D eigenvalue weighted by Crippen LogP contribution is 2.29. The number of aromatic nitrogens is 2. The highest BCUT2D eigenvalue weighted by Gasteiger charge is 2.20. The number of carbonyl (C=O) groups is 1. The van der Waals surface area contributed by atoms with Gasteiger partial charge in [0, 0.05) is 6.20 Å². The van der Waals surface area contributed by atoms with Crippen LogP contribution in [0.2, 0.25) is 0 Å². The fraction of sp³-hybridized carbons (Fsp3) is 0.0455. The normalized spacial score (nSPS) is 11.1. The van der Waals surface area contributed by atoms with E-state index in [1.807, 2.05) is 18.2 Å². The van der Waals surface area contributed by atoms with Crippen molar-refractivity contribution in [3.05, 3.63) is 89.6 Å². The third-order valence-electron chi connectivity index (χ3n) is 4.36. The number of anilines is 2. The number of sulfonamides is 1. The molecule has 0 spiro atoms. The molecule has 0 aliphatic carbocycles. The van der Waals surface area contributed by atoms with Gasteiger partial charge in [0.25, 0.3) is 15.9 Å². The molecule has 0 radical (unpaired) electrons. The lowest BCUT2D eigenvalue weighted by Gasteiger charge is -2.13. The summed E-state index contributed by atoms with van der Waals surface area (Å²) in [5.41, 5.74) is 1.88. The summed E-state index contributed by atoms with van der Waals surface area (Å²) in [6.07, 6.45) is 1.67. The number of amides is 1. The highest BCUT2D eigenvalue weighted by atomic mass is 32.2. The van der Waals surface area contributed by atoms with Gasteiger partial charge in [-0.3, -0.25) is 14.5 Å². The van der Waals surface area contributed by atoms with Crippen LogP contribution in [0.1, 0.15) is 15.4 Å². The number of nitrogens with one attached hydrogen (secondary N) is 2. The Kier molecular flexibility index (Phi) is 5.79. The first-order chi connectivity index (χ1) is 14.9. The van der Waals surface area contributed by atoms with E-state index in [4.69, 9.17) is 0 Å². The van der Waals surface area contributed by atoms with Crippen molar-refractivity contribution < 1.29 is 13.2 Å². The summed E-state index contributed by atoms with van der Waals surface area (Å²) in [6, 6.07) is 20.2. The number of thiazole rings is 1. The number of hydrogen-bond acceptors (Lipinski definition) is 6. The molecule has 0 aliphatic heterocycles. The first-order valence-electron chi connectivity index (χ1n) is 9.31. The number of para-hydroxylation sites is 2. The predicted molar refractivity (Wildman–Crippen MR) is 122 cm³/mol. The molecule has 4 rings (SSSR count). The fourth-order valence-electron chi connectivity index (χ4n) is 2.87. The second-order valence-electron chi connectivity index (χ2n) is 6.57. The molecule has 2 N–H and O–H groups in total. The molecular formula is C22H18N4O3S2. The molecule has 31 heavy (non-hydrogen) atoms. The van der Waals surface area contributed by atoms with Crippen molar-refractivity contribution >= 4 is 38.6 Å². The zero-order valence-electron chi connectivity index (χ0n) is 16.4. The van der Waals surface area contributed by atoms with Gasteiger partial charge in [0.05, 0.1) is 27.7 Å². The monoisotopic (exact) mass is 450 g/mol. The van der Waals surface area contributed by atoms with Gasteiger partial charge in [0.2, 0.25) is 0 Å². The number of hydrogen-bond donors (Lipinski definition) is 2. The first kappa shape index (κ1) is 20.7. The molecule has 7 nitrogen and oxygen atoms in total. The van der Waals surface area contributed by atoms with E-state index in [-0.39, 0.29) is 16.5 Å². The Hall–Kier alpha value is -3.56. The van der Waals surface area contributed by atoms with Crippen LogP contribution in [-0.2, 0) is 10.0 Å². The molecule has 2 aromatic carbocycles. The van der Waals surface area contributed by atoms with Gasteiger partial charge in [0.1, 0.15) is 9.88 Å². The van der Waals surface area contributed by atoms with E-state index < -0.39 is 10.0 Å². The van der Waals surface area contributed by atoms with E-state index in [0.29, 0.717) is 27.0 Å². The van der Waals surface area contributed by atoms with Crippen LogP contribution in [0.15, 0.2) is 83.9 Å². The van der Waals surface area contributed by atoms with Gasteiger partial charge in [-0.2, -0.15) is 0 Å². The maximum absolute atomic E-state index is 12.9. The van der Waals surface area contributed by atoms with E-state index in [1.165, 1.54) is 23.5 Å². The SMILES string of the molecule is Cc1nc(-c2ccccn2)sc1C(=O)Nc1ccccc1NS(=O)(=O)c1ccccc1. The van der Waals surface area contributed by atoms with Crippen molar-refractivity contribution in [2.75, 3.05) is 10.0 Å². The van der Waals surface area contributed by atoms with Crippen LogP contribution in [0.3, 0.4) is 0 Å². The summed E-state index contributed by atoms with van der Waals surface area (Å²) in [5.74, 6) is -0.372. The quantitative estimate of drug-likeness (QED) is 0.448. The minimum Gasteiger partial charge on any atom is -0.319 e. The Morgan fingerprint density at radius 2 is 1.58 bits per heavy atom. The Balaban J connectivity index is 1.59. The molecular weight excluding hydrogens is 432 g/mol. The standard InChI is InChI=1S/C22H18N4O3S2/c1-15-20(30-22(24-15)19-13-7-8-14-23-19)21(27)25-17-11-5-6-12-18(17)26-31(28,29)16-9-3-2-4-10-16/h2-14,26H,1H3,(H,25,27). The molecule has 0 bridgehead atoms. The lowest BCUT2D eigenvalue weighted by Crippen LogP contribution is -2.17. The van der Waals surface area contributed by atoms with Crippen molar-refractivity contribution in [2.45, 2.75) is 11.8 Å². The summed E-state index contributed by atoms with van der Waals surface area (Å²) in [4.78, 5) is 22.2. The third kappa shape index (κ3) is 4.62. The average Bonchev–Trinajstić information content (AvgIpc) is 3.18. The molecule has 0 aliphatic rings. The fourth-order valence-corrected chi connectivity index (χ4v) is 4.91. The Labute approximate surface area is 183 Å². The number of carbonyl (C=O) groups excluding carboxylic acids is 1. The number of nitrogens with zero attached hydrogens (tertiary/aromatic N) is 2. The Morgan fingerprint density at radius 3 is 2.29 bits per heavy atom. The second kappa shape index (κ2) is 8.66. The van der Waals surface area contributed by atoms with Crippen molar-refractivity contribution in [3.63, 3.8) is 0 Å². The topological polar surface area (TPSA) is 101 Å². The Morgan fingerprint density at radius 1 is 0.903 bits per heavy atom. The van der Waals surface area contributed by atoms with Crippen LogP contribution in [0.4, 0.5) is 11.4 Å². The summed E-state index contributed by atoms with van der Waals surface area (Å²) >= 11 is 1.23. The zero-order valence-corrected chi connectivity index (χ0v) is 18.1. The first-order valence-corrected chi connectivity index (χ1v) is 11.6. The molecule has 156 valence electrons. The molecule has 0 atom stereocenters. The molecule has 0 unspecified atom stereocenters. The number of aryl methyl sites for hydroxylation is 1. The maximum atomic E-state index is 12.9. The van der Waals surface area contributed by atoms with E-state index in [0.717, 1.165) is 0 Å². The summed E-state index contributed by atoms with van der Waals surface area (Å²) in [5, 5.41) is 3.43. The molecule has 9 heteroatoms. The van der Waals surface area contributed by atoms with E-state index in [9.17, 15) is 13.2 Å². The zero-order chi connectivity index (χ0) is 21.8. The van der Waals surface area contributed by atoms with Crippen molar-refractivity contribution in [2.24, 2.45) is 0 Å². The van der Waals surface area contributed by atoms with Gasteiger partial charge < -0.3 is 5.32 Å². The van der Waals surface area contributed by atoms with Gasteiger partial charge in [-0.05, 0) is 43.3 Å². The van der Waals surface area contributed by atoms with Crippen molar-refractivity contribution in [1.29, 1.82) is 0 Å². The summed E-state index contributed by atoms with van der Waals surface area (Å²) in [7, 11) is -3.80. The number of benzene rings is 2. The predicted octanol–water partition coefficient (Wildman–Crippen LogP) is 4.57. The van der Waals surface area contributed by atoms with Crippen LogP contribution in [0, 0.1) is 6.92 Å². The smallest absolute Gasteiger partial charge is 0.267 e. The van der Waals surface area contributed by atoms with Crippen molar-refractivity contribution in [1.82, 2.24) is 9.97 Å². The van der Waals surface area contributed by atoms with E-state index in [1.54, 1.807) is 55.6 Å². The minimum absolute atomic E-state index is 0.134.